The van der Waals surface area contributed by atoms with Crippen molar-refractivity contribution in [2.45, 2.75) is 64.7 Å². The average Bonchev–Trinajstić information content (AvgIpc) is 2.80. The maximum absolute atomic E-state index is 2.57. The zero-order valence-corrected chi connectivity index (χ0v) is 11.9. The number of hydrogen-bond donors (Lipinski definition) is 0. The Morgan fingerprint density at radius 1 is 0.889 bits per heavy atom. The van der Waals surface area contributed by atoms with Gasteiger partial charge in [-0.1, -0.05) is 38.3 Å². The van der Waals surface area contributed by atoms with Gasteiger partial charge in [-0.25, -0.2) is 0 Å². The minimum atomic E-state index is 0.586. The van der Waals surface area contributed by atoms with Crippen LogP contribution < -0.4 is 0 Å². The molecule has 0 N–H and O–H groups in total. The Kier molecular flexibility index (Phi) is 2.64. The van der Waals surface area contributed by atoms with E-state index in [4.69, 9.17) is 0 Å². The minimum Gasteiger partial charge on any atom is -0.0877 e. The molecule has 0 saturated heterocycles. The number of rotatable bonds is 0. The van der Waals surface area contributed by atoms with E-state index in [1.165, 1.54) is 25.7 Å². The first-order valence-corrected chi connectivity index (χ1v) is 8.46. The Morgan fingerprint density at radius 3 is 2.72 bits per heavy atom. The van der Waals surface area contributed by atoms with Gasteiger partial charge >= 0.3 is 0 Å². The second kappa shape index (κ2) is 4.12. The van der Waals surface area contributed by atoms with Gasteiger partial charge in [-0.2, -0.15) is 0 Å². The molecule has 0 bridgehead atoms. The van der Waals surface area contributed by atoms with Gasteiger partial charge in [0.05, 0.1) is 0 Å². The Hall–Kier alpha value is -0.260. The van der Waals surface area contributed by atoms with E-state index in [0.29, 0.717) is 5.41 Å². The fourth-order valence-corrected chi connectivity index (χ4v) is 6.31. The normalized spacial score (nSPS) is 54.6. The molecule has 0 unspecified atom stereocenters. The summed E-state index contributed by atoms with van der Waals surface area (Å²) in [5.74, 6) is 5.46. The standard InChI is InChI=1S/C18H28/c1-18-11-4-7-17(18)16-9-8-13-5-2-3-6-14(13)15(16)10-12-18/h4,11,13-17H,2-3,5-10,12H2,1H3/t13-,14+,15-,16-,17+,18+/m1/s1. The van der Waals surface area contributed by atoms with E-state index in [1.54, 1.807) is 32.1 Å². The zero-order chi connectivity index (χ0) is 12.2. The lowest BCUT2D eigenvalue weighted by molar-refractivity contribution is -0.0399. The van der Waals surface area contributed by atoms with Crippen molar-refractivity contribution in [3.05, 3.63) is 12.2 Å². The number of fused-ring (bicyclic) bond motifs is 5. The third-order valence-corrected chi connectivity index (χ3v) is 7.21. The van der Waals surface area contributed by atoms with Crippen molar-refractivity contribution in [2.75, 3.05) is 0 Å². The molecule has 0 spiro atoms. The van der Waals surface area contributed by atoms with Crippen LogP contribution in [-0.4, -0.2) is 0 Å². The van der Waals surface area contributed by atoms with Gasteiger partial charge in [0.2, 0.25) is 0 Å². The summed E-state index contributed by atoms with van der Waals surface area (Å²) in [7, 11) is 0. The van der Waals surface area contributed by atoms with Crippen LogP contribution in [0, 0.1) is 35.0 Å². The van der Waals surface area contributed by atoms with Gasteiger partial charge in [0.1, 0.15) is 0 Å². The maximum Gasteiger partial charge on any atom is -0.0112 e. The van der Waals surface area contributed by atoms with E-state index in [2.05, 4.69) is 19.1 Å². The summed E-state index contributed by atoms with van der Waals surface area (Å²) in [4.78, 5) is 0. The summed E-state index contributed by atoms with van der Waals surface area (Å²) in [5.41, 5.74) is 0.586. The molecule has 0 heteroatoms. The first-order chi connectivity index (χ1) is 8.78. The van der Waals surface area contributed by atoms with Crippen LogP contribution in [0.2, 0.25) is 0 Å². The van der Waals surface area contributed by atoms with Gasteiger partial charge < -0.3 is 0 Å². The molecule has 4 rings (SSSR count). The van der Waals surface area contributed by atoms with E-state index < -0.39 is 0 Å². The van der Waals surface area contributed by atoms with Crippen molar-refractivity contribution >= 4 is 0 Å². The van der Waals surface area contributed by atoms with Crippen LogP contribution in [0.1, 0.15) is 64.7 Å². The molecule has 0 radical (unpaired) electrons. The molecular formula is C18H28. The Bertz CT molecular complexity index is 355. The molecule has 18 heavy (non-hydrogen) atoms. The SMILES string of the molecule is C[C@@]12C=CC[C@H]1[C@@H]1CC[C@H]3CCCC[C@@H]3[C@H]1CC2. The van der Waals surface area contributed by atoms with Crippen LogP contribution in [0.5, 0.6) is 0 Å². The lowest BCUT2D eigenvalue weighted by Crippen LogP contribution is -2.46. The van der Waals surface area contributed by atoms with Crippen molar-refractivity contribution in [3.63, 3.8) is 0 Å². The molecule has 0 amide bonds. The summed E-state index contributed by atoms with van der Waals surface area (Å²) in [6.07, 6.45) is 18.8. The summed E-state index contributed by atoms with van der Waals surface area (Å²) in [5, 5.41) is 0. The van der Waals surface area contributed by atoms with E-state index in [-0.39, 0.29) is 0 Å². The van der Waals surface area contributed by atoms with Crippen LogP contribution in [0.15, 0.2) is 12.2 Å². The van der Waals surface area contributed by atoms with E-state index >= 15 is 0 Å². The highest BCUT2D eigenvalue weighted by molar-refractivity contribution is 5.14. The van der Waals surface area contributed by atoms with Crippen molar-refractivity contribution in [3.8, 4) is 0 Å². The molecule has 0 nitrogen and oxygen atoms in total. The van der Waals surface area contributed by atoms with Gasteiger partial charge in [0, 0.05) is 0 Å². The summed E-state index contributed by atoms with van der Waals surface area (Å²) < 4.78 is 0. The first kappa shape index (κ1) is 11.6. The van der Waals surface area contributed by atoms with Crippen LogP contribution in [0.3, 0.4) is 0 Å². The number of hydrogen-bond acceptors (Lipinski definition) is 0. The van der Waals surface area contributed by atoms with Crippen LogP contribution in [0.25, 0.3) is 0 Å². The molecule has 4 aliphatic carbocycles. The van der Waals surface area contributed by atoms with Crippen molar-refractivity contribution in [2.24, 2.45) is 35.0 Å². The molecule has 0 heterocycles. The van der Waals surface area contributed by atoms with E-state index in [1.807, 2.05) is 0 Å². The fraction of sp³-hybridized carbons (Fsp3) is 0.889. The highest BCUT2D eigenvalue weighted by Crippen LogP contribution is 2.60. The number of allylic oxidation sites excluding steroid dienone is 2. The highest BCUT2D eigenvalue weighted by atomic mass is 14.6. The topological polar surface area (TPSA) is 0 Å². The van der Waals surface area contributed by atoms with Crippen LogP contribution in [0.4, 0.5) is 0 Å². The maximum atomic E-state index is 2.57. The van der Waals surface area contributed by atoms with Gasteiger partial charge in [-0.3, -0.25) is 0 Å². The summed E-state index contributed by atoms with van der Waals surface area (Å²) in [6, 6.07) is 0. The molecule has 4 aliphatic rings. The molecule has 0 aromatic heterocycles. The predicted octanol–water partition coefficient (Wildman–Crippen LogP) is 5.20. The quantitative estimate of drug-likeness (QED) is 0.514. The minimum absolute atomic E-state index is 0.586. The largest absolute Gasteiger partial charge is 0.0877 e. The zero-order valence-electron chi connectivity index (χ0n) is 11.9. The van der Waals surface area contributed by atoms with Gasteiger partial charge in [0.25, 0.3) is 0 Å². The molecular weight excluding hydrogens is 216 g/mol. The molecule has 0 aromatic carbocycles. The predicted molar refractivity (Wildman–Crippen MR) is 76.3 cm³/mol. The average molecular weight is 244 g/mol. The fourth-order valence-electron chi connectivity index (χ4n) is 6.31. The molecule has 0 aromatic rings. The lowest BCUT2D eigenvalue weighted by atomic mass is 9.51. The van der Waals surface area contributed by atoms with E-state index in [9.17, 15) is 0 Å². The molecule has 3 saturated carbocycles. The van der Waals surface area contributed by atoms with E-state index in [0.717, 1.165) is 29.6 Å². The smallest absolute Gasteiger partial charge is 0.0112 e. The third-order valence-electron chi connectivity index (χ3n) is 7.21. The Morgan fingerprint density at radius 2 is 1.78 bits per heavy atom. The first-order valence-electron chi connectivity index (χ1n) is 8.46. The van der Waals surface area contributed by atoms with Gasteiger partial charge in [-0.15, -0.1) is 0 Å². The monoisotopic (exact) mass is 244 g/mol. The summed E-state index contributed by atoms with van der Waals surface area (Å²) >= 11 is 0. The van der Waals surface area contributed by atoms with Crippen molar-refractivity contribution < 1.29 is 0 Å². The lowest BCUT2D eigenvalue weighted by Gasteiger charge is -2.54. The Labute approximate surface area is 112 Å². The van der Waals surface area contributed by atoms with Crippen molar-refractivity contribution in [1.29, 1.82) is 0 Å². The molecule has 0 aliphatic heterocycles. The van der Waals surface area contributed by atoms with Gasteiger partial charge in [-0.05, 0) is 73.5 Å². The van der Waals surface area contributed by atoms with Crippen molar-refractivity contribution in [1.82, 2.24) is 0 Å². The molecule has 100 valence electrons. The second-order valence-electron chi connectivity index (χ2n) is 7.90. The van der Waals surface area contributed by atoms with Crippen LogP contribution >= 0.6 is 0 Å². The summed E-state index contributed by atoms with van der Waals surface area (Å²) in [6.45, 7) is 2.55. The third kappa shape index (κ3) is 1.57. The highest BCUT2D eigenvalue weighted by Gasteiger charge is 2.51. The second-order valence-corrected chi connectivity index (χ2v) is 7.90. The Balaban J connectivity index is 1.59. The van der Waals surface area contributed by atoms with Gasteiger partial charge in [0.15, 0.2) is 0 Å². The molecule has 3 fully saturated rings. The van der Waals surface area contributed by atoms with Crippen LogP contribution in [-0.2, 0) is 0 Å². The molecule has 6 atom stereocenters.